The number of nitrogens with one attached hydrogen (secondary N) is 1. The highest BCUT2D eigenvalue weighted by atomic mass is 32.2. The molecule has 1 aromatic heterocycles. The Morgan fingerprint density at radius 3 is 2.45 bits per heavy atom. The smallest absolute Gasteiger partial charge is 0.246 e. The zero-order valence-electron chi connectivity index (χ0n) is 18.9. The van der Waals surface area contributed by atoms with Gasteiger partial charge in [0.05, 0.1) is 5.75 Å². The molecule has 4 aromatic rings. The van der Waals surface area contributed by atoms with Crippen LogP contribution in [0.5, 0.6) is 0 Å². The molecule has 0 saturated heterocycles. The predicted octanol–water partition coefficient (Wildman–Crippen LogP) is 6.26. The highest BCUT2D eigenvalue weighted by molar-refractivity contribution is 7.98. The van der Waals surface area contributed by atoms with E-state index in [2.05, 4.69) is 42.6 Å². The van der Waals surface area contributed by atoms with Gasteiger partial charge in [-0.3, -0.25) is 9.36 Å². The summed E-state index contributed by atoms with van der Waals surface area (Å²) in [6.07, 6.45) is 0. The Morgan fingerprint density at radius 1 is 0.970 bits per heavy atom. The standard InChI is InChI=1S/C26H26N4OS2/c1-18-11-13-22(14-12-18)33-17-24-28-29(16-25(31)27-23-10-5-4-8-20(23)3)26(32)30(24)21-9-6-7-19(2)15-21/h4-15H,16-17H2,1-3H3,(H,27,31). The number of aryl methyl sites for hydroxylation is 3. The maximum Gasteiger partial charge on any atom is 0.246 e. The third kappa shape index (κ3) is 5.61. The molecule has 0 spiro atoms. The zero-order chi connectivity index (χ0) is 23.4. The van der Waals surface area contributed by atoms with Crippen molar-refractivity contribution in [2.24, 2.45) is 0 Å². The van der Waals surface area contributed by atoms with Crippen molar-refractivity contribution >= 4 is 35.6 Å². The van der Waals surface area contributed by atoms with Crippen molar-refractivity contribution in [2.75, 3.05) is 5.32 Å². The van der Waals surface area contributed by atoms with Gasteiger partial charge in [-0.2, -0.15) is 5.10 Å². The van der Waals surface area contributed by atoms with Gasteiger partial charge in [-0.05, 0) is 74.4 Å². The van der Waals surface area contributed by atoms with E-state index in [9.17, 15) is 4.79 Å². The summed E-state index contributed by atoms with van der Waals surface area (Å²) in [5.74, 6) is 1.28. The quantitative estimate of drug-likeness (QED) is 0.254. The van der Waals surface area contributed by atoms with Gasteiger partial charge < -0.3 is 5.32 Å². The number of benzene rings is 3. The van der Waals surface area contributed by atoms with E-state index < -0.39 is 0 Å². The minimum Gasteiger partial charge on any atom is -0.324 e. The van der Waals surface area contributed by atoms with Crippen LogP contribution in [0.2, 0.25) is 0 Å². The average molecular weight is 475 g/mol. The lowest BCUT2D eigenvalue weighted by Crippen LogP contribution is -2.20. The summed E-state index contributed by atoms with van der Waals surface area (Å²) in [5.41, 5.74) is 5.12. The predicted molar refractivity (Wildman–Crippen MR) is 138 cm³/mol. The molecular formula is C26H26N4OS2. The first kappa shape index (κ1) is 23.0. The van der Waals surface area contributed by atoms with Gasteiger partial charge in [0.1, 0.15) is 12.4 Å². The normalized spacial score (nSPS) is 10.9. The Balaban J connectivity index is 1.62. The molecule has 3 aromatic carbocycles. The number of amides is 1. The highest BCUT2D eigenvalue weighted by Crippen LogP contribution is 2.25. The van der Waals surface area contributed by atoms with Gasteiger partial charge in [0.2, 0.25) is 10.7 Å². The van der Waals surface area contributed by atoms with Crippen LogP contribution in [0.15, 0.2) is 77.7 Å². The Labute approximate surface area is 203 Å². The van der Waals surface area contributed by atoms with Gasteiger partial charge in [0.15, 0.2) is 0 Å². The van der Waals surface area contributed by atoms with Gasteiger partial charge in [0.25, 0.3) is 0 Å². The molecule has 1 N–H and O–H groups in total. The third-order valence-electron chi connectivity index (χ3n) is 5.27. The molecular weight excluding hydrogens is 448 g/mol. The summed E-state index contributed by atoms with van der Waals surface area (Å²) in [5, 5.41) is 7.71. The number of rotatable bonds is 7. The van der Waals surface area contributed by atoms with Crippen LogP contribution in [0.3, 0.4) is 0 Å². The lowest BCUT2D eigenvalue weighted by molar-refractivity contribution is -0.116. The number of hydrogen-bond acceptors (Lipinski definition) is 4. The van der Waals surface area contributed by atoms with E-state index in [-0.39, 0.29) is 12.5 Å². The van der Waals surface area contributed by atoms with Crippen molar-refractivity contribution in [1.82, 2.24) is 14.3 Å². The minimum absolute atomic E-state index is 0.0498. The second-order valence-electron chi connectivity index (χ2n) is 8.00. The van der Waals surface area contributed by atoms with Gasteiger partial charge in [-0.25, -0.2) is 4.68 Å². The molecule has 0 aliphatic rings. The Kier molecular flexibility index (Phi) is 7.11. The van der Waals surface area contributed by atoms with Crippen LogP contribution in [0.25, 0.3) is 5.69 Å². The third-order valence-corrected chi connectivity index (χ3v) is 6.67. The largest absolute Gasteiger partial charge is 0.324 e. The zero-order valence-corrected chi connectivity index (χ0v) is 20.5. The van der Waals surface area contributed by atoms with Crippen LogP contribution in [0.1, 0.15) is 22.5 Å². The molecule has 168 valence electrons. The van der Waals surface area contributed by atoms with Crippen LogP contribution in [0.4, 0.5) is 5.69 Å². The van der Waals surface area contributed by atoms with Crippen LogP contribution >= 0.6 is 24.0 Å². The van der Waals surface area contributed by atoms with E-state index in [1.54, 1.807) is 16.4 Å². The number of anilines is 1. The highest BCUT2D eigenvalue weighted by Gasteiger charge is 2.16. The number of hydrogen-bond donors (Lipinski definition) is 1. The van der Waals surface area contributed by atoms with Gasteiger partial charge in [-0.1, -0.05) is 48.0 Å². The molecule has 4 rings (SSSR count). The number of aromatic nitrogens is 3. The SMILES string of the molecule is Cc1ccc(SCc2nn(CC(=O)Nc3ccccc3C)c(=S)n2-c2cccc(C)c2)cc1. The molecule has 0 aliphatic carbocycles. The maximum absolute atomic E-state index is 12.8. The first-order chi connectivity index (χ1) is 15.9. The maximum atomic E-state index is 12.8. The summed E-state index contributed by atoms with van der Waals surface area (Å²) >= 11 is 7.47. The molecule has 0 unspecified atom stereocenters. The Bertz CT molecular complexity index is 1340. The van der Waals surface area contributed by atoms with E-state index in [1.807, 2.05) is 60.9 Å². The first-order valence-electron chi connectivity index (χ1n) is 10.7. The topological polar surface area (TPSA) is 51.9 Å². The molecule has 0 fully saturated rings. The number of carbonyl (C=O) groups is 1. The second-order valence-corrected chi connectivity index (χ2v) is 9.41. The van der Waals surface area contributed by atoms with Gasteiger partial charge in [-0.15, -0.1) is 11.8 Å². The summed E-state index contributed by atoms with van der Waals surface area (Å²) in [4.78, 5) is 13.9. The first-order valence-corrected chi connectivity index (χ1v) is 12.1. The minimum atomic E-state index is -0.160. The van der Waals surface area contributed by atoms with E-state index in [4.69, 9.17) is 17.3 Å². The lowest BCUT2D eigenvalue weighted by Gasteiger charge is -2.08. The summed E-state index contributed by atoms with van der Waals surface area (Å²) in [6, 6.07) is 24.3. The fourth-order valence-corrected chi connectivity index (χ4v) is 4.62. The second kappa shape index (κ2) is 10.2. The fourth-order valence-electron chi connectivity index (χ4n) is 3.50. The molecule has 0 atom stereocenters. The molecule has 1 amide bonds. The van der Waals surface area contributed by atoms with Crippen molar-refractivity contribution in [2.45, 2.75) is 38.0 Å². The summed E-state index contributed by atoms with van der Waals surface area (Å²) in [7, 11) is 0. The number of thioether (sulfide) groups is 1. The molecule has 0 radical (unpaired) electrons. The molecule has 7 heteroatoms. The van der Waals surface area contributed by atoms with Crippen LogP contribution in [0, 0.1) is 25.5 Å². The molecule has 0 saturated carbocycles. The molecule has 1 heterocycles. The van der Waals surface area contributed by atoms with Crippen LogP contribution in [-0.4, -0.2) is 20.3 Å². The molecule has 5 nitrogen and oxygen atoms in total. The molecule has 0 bridgehead atoms. The molecule has 0 aliphatic heterocycles. The van der Waals surface area contributed by atoms with Crippen LogP contribution < -0.4 is 5.32 Å². The van der Waals surface area contributed by atoms with Crippen molar-refractivity contribution in [1.29, 1.82) is 0 Å². The van der Waals surface area contributed by atoms with E-state index in [0.29, 0.717) is 10.5 Å². The fraction of sp³-hybridized carbons (Fsp3) is 0.192. The van der Waals surface area contributed by atoms with Crippen molar-refractivity contribution in [3.8, 4) is 5.69 Å². The number of nitrogens with zero attached hydrogens (tertiary/aromatic N) is 3. The van der Waals surface area contributed by atoms with E-state index >= 15 is 0 Å². The van der Waals surface area contributed by atoms with E-state index in [1.165, 1.54) is 5.56 Å². The average Bonchev–Trinajstić information content (AvgIpc) is 3.10. The number of carbonyl (C=O) groups excluding carboxylic acids is 1. The van der Waals surface area contributed by atoms with E-state index in [0.717, 1.165) is 33.2 Å². The lowest BCUT2D eigenvalue weighted by atomic mass is 10.2. The van der Waals surface area contributed by atoms with Crippen LogP contribution in [-0.2, 0) is 17.1 Å². The number of para-hydroxylation sites is 1. The summed E-state index contributed by atoms with van der Waals surface area (Å²) < 4.78 is 4.07. The molecule has 33 heavy (non-hydrogen) atoms. The van der Waals surface area contributed by atoms with Gasteiger partial charge >= 0.3 is 0 Å². The monoisotopic (exact) mass is 474 g/mol. The van der Waals surface area contributed by atoms with Crippen molar-refractivity contribution in [3.05, 3.63) is 100 Å². The van der Waals surface area contributed by atoms with Crippen molar-refractivity contribution < 1.29 is 4.79 Å². The Hall–Kier alpha value is -3.16. The Morgan fingerprint density at radius 2 is 1.73 bits per heavy atom. The van der Waals surface area contributed by atoms with Crippen molar-refractivity contribution in [3.63, 3.8) is 0 Å². The summed E-state index contributed by atoms with van der Waals surface area (Å²) in [6.45, 7) is 6.14. The van der Waals surface area contributed by atoms with Gasteiger partial charge in [0, 0.05) is 16.3 Å².